The Labute approximate surface area is 207 Å². The number of ether oxygens (including phenoxy) is 1. The molecule has 1 heterocycles. The normalized spacial score (nSPS) is 14.4. The summed E-state index contributed by atoms with van der Waals surface area (Å²) in [5.41, 5.74) is 2.30. The smallest absolute Gasteiger partial charge is 0.416 e. The topological polar surface area (TPSA) is 58.6 Å². The lowest BCUT2D eigenvalue weighted by molar-refractivity contribution is -0.148. The zero-order valence-electron chi connectivity index (χ0n) is 19.8. The van der Waals surface area contributed by atoms with Crippen LogP contribution in [0.15, 0.2) is 72.8 Å². The third-order valence-corrected chi connectivity index (χ3v) is 6.30. The van der Waals surface area contributed by atoms with Crippen molar-refractivity contribution in [3.05, 3.63) is 83.9 Å². The zero-order valence-corrected chi connectivity index (χ0v) is 19.8. The maximum Gasteiger partial charge on any atom is 0.416 e. The van der Waals surface area contributed by atoms with Crippen LogP contribution in [0, 0.1) is 5.92 Å². The van der Waals surface area contributed by atoms with Crippen LogP contribution in [-0.4, -0.2) is 31.6 Å². The fraction of sp³-hybridized carbons (Fsp3) is 0.286. The first kappa shape index (κ1) is 25.3. The summed E-state index contributed by atoms with van der Waals surface area (Å²) < 4.78 is 43.9. The molecule has 5 nitrogen and oxygen atoms in total. The number of alkyl halides is 3. The molecule has 36 heavy (non-hydrogen) atoms. The molecule has 1 saturated heterocycles. The summed E-state index contributed by atoms with van der Waals surface area (Å²) in [5.74, 6) is -0.551. The molecule has 0 spiro atoms. The number of hydrogen-bond acceptors (Lipinski definition) is 4. The fourth-order valence-electron chi connectivity index (χ4n) is 4.36. The lowest BCUT2D eigenvalue weighted by Crippen LogP contribution is -2.36. The van der Waals surface area contributed by atoms with E-state index in [0.29, 0.717) is 29.0 Å². The van der Waals surface area contributed by atoms with E-state index in [4.69, 9.17) is 4.74 Å². The number of carbonyl (C=O) groups is 2. The van der Waals surface area contributed by atoms with Gasteiger partial charge < -0.3 is 15.0 Å². The molecule has 0 aliphatic carbocycles. The van der Waals surface area contributed by atoms with E-state index in [0.717, 1.165) is 43.8 Å². The average Bonchev–Trinajstić information content (AvgIpc) is 2.89. The number of esters is 1. The number of piperidine rings is 1. The first-order chi connectivity index (χ1) is 17.3. The Morgan fingerprint density at radius 1 is 0.944 bits per heavy atom. The highest BCUT2D eigenvalue weighted by molar-refractivity contribution is 6.08. The number of nitrogens with one attached hydrogen (secondary N) is 1. The van der Waals surface area contributed by atoms with Crippen LogP contribution in [0.25, 0.3) is 11.1 Å². The minimum Gasteiger partial charge on any atom is -0.466 e. The molecule has 188 valence electrons. The number of rotatable bonds is 6. The lowest BCUT2D eigenvalue weighted by atomic mass is 9.96. The molecule has 8 heteroatoms. The van der Waals surface area contributed by atoms with Crippen molar-refractivity contribution in [3.8, 4) is 11.1 Å². The molecule has 0 bridgehead atoms. The predicted molar refractivity (Wildman–Crippen MR) is 133 cm³/mol. The first-order valence-corrected chi connectivity index (χ1v) is 11.9. The Kier molecular flexibility index (Phi) is 7.62. The summed E-state index contributed by atoms with van der Waals surface area (Å²) in [5, 5.41) is 2.87. The van der Waals surface area contributed by atoms with Gasteiger partial charge in [0.2, 0.25) is 0 Å². The van der Waals surface area contributed by atoms with Crippen LogP contribution >= 0.6 is 0 Å². The van der Waals surface area contributed by atoms with E-state index in [1.165, 1.54) is 12.1 Å². The minimum atomic E-state index is -4.42. The summed E-state index contributed by atoms with van der Waals surface area (Å²) in [6, 6.07) is 19.0. The molecule has 3 aromatic carbocycles. The molecule has 1 amide bonds. The highest BCUT2D eigenvalue weighted by Gasteiger charge is 2.30. The van der Waals surface area contributed by atoms with Crippen molar-refractivity contribution in [2.24, 2.45) is 5.92 Å². The van der Waals surface area contributed by atoms with Gasteiger partial charge in [-0.05, 0) is 73.4 Å². The third-order valence-electron chi connectivity index (χ3n) is 6.30. The Balaban J connectivity index is 1.42. The second kappa shape index (κ2) is 10.8. The summed E-state index contributed by atoms with van der Waals surface area (Å²) >= 11 is 0. The molecule has 0 unspecified atom stereocenters. The molecule has 0 saturated carbocycles. The van der Waals surface area contributed by atoms with Crippen molar-refractivity contribution in [3.63, 3.8) is 0 Å². The summed E-state index contributed by atoms with van der Waals surface area (Å²) in [7, 11) is 0. The summed E-state index contributed by atoms with van der Waals surface area (Å²) in [6.45, 7) is 3.69. The Hall–Kier alpha value is -3.81. The van der Waals surface area contributed by atoms with E-state index in [1.807, 2.05) is 24.3 Å². The average molecular weight is 497 g/mol. The van der Waals surface area contributed by atoms with Crippen LogP contribution in [-0.2, 0) is 15.7 Å². The highest BCUT2D eigenvalue weighted by atomic mass is 19.4. The van der Waals surface area contributed by atoms with Gasteiger partial charge >= 0.3 is 12.1 Å². The monoisotopic (exact) mass is 496 g/mol. The summed E-state index contributed by atoms with van der Waals surface area (Å²) in [4.78, 5) is 27.2. The SMILES string of the molecule is CCOC(=O)C1CCN(c2ccc(NC(=O)c3ccccc3-c3ccc(C(F)(F)F)cc3)cc2)CC1. The van der Waals surface area contributed by atoms with Crippen LogP contribution in [0.2, 0.25) is 0 Å². The number of amides is 1. The van der Waals surface area contributed by atoms with Gasteiger partial charge in [0.05, 0.1) is 18.1 Å². The van der Waals surface area contributed by atoms with Crippen LogP contribution in [0.3, 0.4) is 0 Å². The molecule has 3 aromatic rings. The van der Waals surface area contributed by atoms with E-state index in [-0.39, 0.29) is 17.8 Å². The molecule has 1 fully saturated rings. The standard InChI is InChI=1S/C28H27F3N2O3/c1-2-36-27(35)20-15-17-33(18-16-20)23-13-11-22(12-14-23)32-26(34)25-6-4-3-5-24(25)19-7-9-21(10-8-19)28(29,30)31/h3-14,20H,2,15-18H2,1H3,(H,32,34). The molecule has 0 radical (unpaired) electrons. The van der Waals surface area contributed by atoms with E-state index < -0.39 is 11.7 Å². The molecule has 4 rings (SSSR count). The number of nitrogens with zero attached hydrogens (tertiary/aromatic N) is 1. The molecular weight excluding hydrogens is 469 g/mol. The summed E-state index contributed by atoms with van der Waals surface area (Å²) in [6.07, 6.45) is -2.95. The van der Waals surface area contributed by atoms with Gasteiger partial charge in [-0.1, -0.05) is 30.3 Å². The van der Waals surface area contributed by atoms with Gasteiger partial charge in [0.1, 0.15) is 0 Å². The molecular formula is C28H27F3N2O3. The van der Waals surface area contributed by atoms with Crippen molar-refractivity contribution < 1.29 is 27.5 Å². The van der Waals surface area contributed by atoms with Gasteiger partial charge in [0, 0.05) is 30.0 Å². The second-order valence-corrected chi connectivity index (χ2v) is 8.64. The van der Waals surface area contributed by atoms with Crippen LogP contribution < -0.4 is 10.2 Å². The number of benzene rings is 3. The quantitative estimate of drug-likeness (QED) is 0.401. The predicted octanol–water partition coefficient (Wildman–Crippen LogP) is 6.40. The van der Waals surface area contributed by atoms with E-state index in [2.05, 4.69) is 10.2 Å². The molecule has 0 atom stereocenters. The first-order valence-electron chi connectivity index (χ1n) is 11.9. The maximum atomic E-state index is 13.0. The van der Waals surface area contributed by atoms with Gasteiger partial charge in [0.15, 0.2) is 0 Å². The van der Waals surface area contributed by atoms with E-state index >= 15 is 0 Å². The maximum absolute atomic E-state index is 13.0. The highest BCUT2D eigenvalue weighted by Crippen LogP contribution is 2.32. The number of halogens is 3. The van der Waals surface area contributed by atoms with E-state index in [1.54, 1.807) is 31.2 Å². The van der Waals surface area contributed by atoms with Gasteiger partial charge in [-0.25, -0.2) is 0 Å². The van der Waals surface area contributed by atoms with Crippen molar-refractivity contribution >= 4 is 23.3 Å². The number of anilines is 2. The van der Waals surface area contributed by atoms with Crippen LogP contribution in [0.4, 0.5) is 24.5 Å². The van der Waals surface area contributed by atoms with Gasteiger partial charge in [-0.2, -0.15) is 13.2 Å². The van der Waals surface area contributed by atoms with E-state index in [9.17, 15) is 22.8 Å². The molecule has 1 aliphatic rings. The minimum absolute atomic E-state index is 0.0653. The fourth-order valence-corrected chi connectivity index (χ4v) is 4.36. The largest absolute Gasteiger partial charge is 0.466 e. The van der Waals surface area contributed by atoms with Gasteiger partial charge in [-0.15, -0.1) is 0 Å². The van der Waals surface area contributed by atoms with Crippen LogP contribution in [0.1, 0.15) is 35.7 Å². The van der Waals surface area contributed by atoms with Gasteiger partial charge in [0.25, 0.3) is 5.91 Å². The van der Waals surface area contributed by atoms with Gasteiger partial charge in [-0.3, -0.25) is 9.59 Å². The van der Waals surface area contributed by atoms with Crippen molar-refractivity contribution in [2.45, 2.75) is 25.9 Å². The molecule has 1 N–H and O–H groups in total. The second-order valence-electron chi connectivity index (χ2n) is 8.64. The van der Waals surface area contributed by atoms with Crippen LogP contribution in [0.5, 0.6) is 0 Å². The zero-order chi connectivity index (χ0) is 25.7. The number of hydrogen-bond donors (Lipinski definition) is 1. The van der Waals surface area contributed by atoms with Crippen molar-refractivity contribution in [1.29, 1.82) is 0 Å². The lowest BCUT2D eigenvalue weighted by Gasteiger charge is -2.32. The van der Waals surface area contributed by atoms with Crippen molar-refractivity contribution in [1.82, 2.24) is 0 Å². The Bertz CT molecular complexity index is 1200. The molecule has 1 aliphatic heterocycles. The molecule has 0 aromatic heterocycles. The van der Waals surface area contributed by atoms with Crippen molar-refractivity contribution in [2.75, 3.05) is 29.9 Å². The number of carbonyl (C=O) groups excluding carboxylic acids is 2. The third kappa shape index (κ3) is 5.87. The Morgan fingerprint density at radius 3 is 2.19 bits per heavy atom. The Morgan fingerprint density at radius 2 is 1.58 bits per heavy atom.